The molecule has 13 heteroatoms. The van der Waals surface area contributed by atoms with Crippen LogP contribution in [0.15, 0.2) is 261 Å². The Kier molecular flexibility index (Phi) is 11.7. The normalized spacial score (nSPS) is 11.3. The molecule has 0 radical (unpaired) electrons. The lowest BCUT2D eigenvalue weighted by atomic mass is 10.1. The molecule has 79 heavy (non-hydrogen) atoms. The molecule has 13 aromatic rings. The maximum atomic E-state index is 11.9. The minimum absolute atomic E-state index is 0.0118. The fraction of sp³-hybridized carbons (Fsp3) is 0. The Labute approximate surface area is 451 Å². The van der Waals surface area contributed by atoms with Crippen molar-refractivity contribution in [2.75, 3.05) is 14.7 Å². The standard InChI is InChI=1S/C66H43N7O6/c74-71(75)52-32-26-48(27-33-52)67(62-19-7-13-44-10-1-4-16-57(44)62)47-22-24-51(25-23-47)70-65-42-55(68(49-28-34-53(35-29-49)72(76)77)63-20-8-14-45-11-2-5-17-58(45)63)38-40-60(65)61-41-39-56(43-66(61)70)69(50-30-36-54(37-31-50)73(78)79)64-21-9-15-46-12-3-6-18-59(46)64/h1-43H. The molecule has 0 atom stereocenters. The molecule has 0 bridgehead atoms. The number of hydrogen-bond acceptors (Lipinski definition) is 9. The van der Waals surface area contributed by atoms with E-state index in [0.29, 0.717) is 0 Å². The van der Waals surface area contributed by atoms with Crippen LogP contribution in [-0.4, -0.2) is 19.3 Å². The summed E-state index contributed by atoms with van der Waals surface area (Å²) in [7, 11) is 0. The number of nitro groups is 3. The quantitative estimate of drug-likeness (QED) is 0.0814. The predicted octanol–water partition coefficient (Wildman–Crippen LogP) is 18.4. The average molecular weight is 1030 g/mol. The Bertz CT molecular complexity index is 4330. The highest BCUT2D eigenvalue weighted by atomic mass is 16.6. The van der Waals surface area contributed by atoms with Crippen molar-refractivity contribution >= 4 is 122 Å². The van der Waals surface area contributed by atoms with Crippen molar-refractivity contribution in [3.63, 3.8) is 0 Å². The molecular weight excluding hydrogens is 987 g/mol. The van der Waals surface area contributed by atoms with Crippen LogP contribution in [0.1, 0.15) is 0 Å². The molecule has 0 saturated carbocycles. The first kappa shape index (κ1) is 47.5. The van der Waals surface area contributed by atoms with Crippen LogP contribution in [0.2, 0.25) is 0 Å². The zero-order valence-corrected chi connectivity index (χ0v) is 41.9. The molecule has 1 aromatic heterocycles. The van der Waals surface area contributed by atoms with E-state index in [1.165, 1.54) is 36.4 Å². The number of benzene rings is 12. The number of hydrogen-bond donors (Lipinski definition) is 0. The van der Waals surface area contributed by atoms with Gasteiger partial charge in [-0.05, 0) is 119 Å². The molecule has 0 aliphatic rings. The minimum Gasteiger partial charge on any atom is -0.310 e. The largest absolute Gasteiger partial charge is 0.310 e. The zero-order valence-electron chi connectivity index (χ0n) is 41.9. The Balaban J connectivity index is 1.05. The SMILES string of the molecule is O=[N+]([O-])c1ccc(N(c2ccc(-n3c4cc(N(c5ccc([N+](=O)[O-])cc5)c5cccc6ccccc56)ccc4c4ccc(N(c5ccc([N+](=O)[O-])cc5)c5cccc6ccccc56)cc43)cc2)c2cccc3ccccc23)cc1. The topological polar surface area (TPSA) is 144 Å². The Hall–Kier alpha value is -11.2. The summed E-state index contributed by atoms with van der Waals surface area (Å²) in [5, 5.41) is 43.8. The van der Waals surface area contributed by atoms with Gasteiger partial charge in [0.1, 0.15) is 0 Å². The van der Waals surface area contributed by atoms with Gasteiger partial charge >= 0.3 is 0 Å². The second kappa shape index (κ2) is 19.5. The summed E-state index contributed by atoms with van der Waals surface area (Å²) in [5.74, 6) is 0. The third-order valence-electron chi connectivity index (χ3n) is 14.6. The third kappa shape index (κ3) is 8.49. The van der Waals surface area contributed by atoms with Crippen molar-refractivity contribution in [3.05, 3.63) is 291 Å². The van der Waals surface area contributed by atoms with Crippen molar-refractivity contribution < 1.29 is 14.8 Å². The Morgan fingerprint density at radius 1 is 0.278 bits per heavy atom. The molecular formula is C66H43N7O6. The maximum Gasteiger partial charge on any atom is 0.269 e. The zero-order chi connectivity index (χ0) is 53.7. The van der Waals surface area contributed by atoms with E-state index in [2.05, 4.69) is 147 Å². The summed E-state index contributed by atoms with van der Waals surface area (Å²) in [6, 6.07) is 83.6. The van der Waals surface area contributed by atoms with Crippen molar-refractivity contribution in [1.82, 2.24) is 4.57 Å². The smallest absolute Gasteiger partial charge is 0.269 e. The first-order valence-electron chi connectivity index (χ1n) is 25.4. The maximum absolute atomic E-state index is 11.9. The second-order valence-corrected chi connectivity index (χ2v) is 19.1. The van der Waals surface area contributed by atoms with E-state index >= 15 is 0 Å². The van der Waals surface area contributed by atoms with Crippen LogP contribution in [-0.2, 0) is 0 Å². The van der Waals surface area contributed by atoms with Crippen molar-refractivity contribution in [2.24, 2.45) is 0 Å². The second-order valence-electron chi connectivity index (χ2n) is 19.1. The number of fused-ring (bicyclic) bond motifs is 6. The van der Waals surface area contributed by atoms with E-state index in [1.807, 2.05) is 60.7 Å². The van der Waals surface area contributed by atoms with Gasteiger partial charge in [0.15, 0.2) is 0 Å². The van der Waals surface area contributed by atoms with Crippen LogP contribution < -0.4 is 14.7 Å². The molecule has 0 saturated heterocycles. The number of rotatable bonds is 13. The van der Waals surface area contributed by atoms with Crippen molar-refractivity contribution in [1.29, 1.82) is 0 Å². The Morgan fingerprint density at radius 3 is 0.886 bits per heavy atom. The molecule has 0 N–H and O–H groups in total. The van der Waals surface area contributed by atoms with E-state index < -0.39 is 14.8 Å². The van der Waals surface area contributed by atoms with Gasteiger partial charge in [-0.3, -0.25) is 30.3 Å². The van der Waals surface area contributed by atoms with Crippen LogP contribution in [0.5, 0.6) is 0 Å². The summed E-state index contributed by atoms with van der Waals surface area (Å²) < 4.78 is 2.24. The summed E-state index contributed by atoms with van der Waals surface area (Å²) in [6.07, 6.45) is 0. The summed E-state index contributed by atoms with van der Waals surface area (Å²) in [6.45, 7) is 0. The first-order valence-corrected chi connectivity index (χ1v) is 25.4. The number of non-ortho nitro benzene ring substituents is 3. The van der Waals surface area contributed by atoms with Crippen LogP contribution in [0.3, 0.4) is 0 Å². The number of aromatic nitrogens is 1. The van der Waals surface area contributed by atoms with E-state index in [9.17, 15) is 30.3 Å². The van der Waals surface area contributed by atoms with Gasteiger partial charge < -0.3 is 19.3 Å². The average Bonchev–Trinajstić information content (AvgIpc) is 4.09. The highest BCUT2D eigenvalue weighted by Gasteiger charge is 2.24. The van der Waals surface area contributed by atoms with Crippen molar-refractivity contribution in [2.45, 2.75) is 0 Å². The lowest BCUT2D eigenvalue weighted by Crippen LogP contribution is -2.11. The van der Waals surface area contributed by atoms with E-state index in [0.717, 1.165) is 111 Å². The lowest BCUT2D eigenvalue weighted by Gasteiger charge is -2.28. The monoisotopic (exact) mass is 1030 g/mol. The molecule has 0 unspecified atom stereocenters. The molecule has 1 heterocycles. The van der Waals surface area contributed by atoms with Gasteiger partial charge in [0, 0.05) is 103 Å². The van der Waals surface area contributed by atoms with Gasteiger partial charge in [0.05, 0.1) is 42.9 Å². The molecule has 0 aliphatic carbocycles. The third-order valence-corrected chi connectivity index (χ3v) is 14.6. The fourth-order valence-corrected chi connectivity index (χ4v) is 11.0. The summed E-state index contributed by atoms with van der Waals surface area (Å²) in [4.78, 5) is 40.9. The van der Waals surface area contributed by atoms with E-state index in [1.54, 1.807) is 36.4 Å². The van der Waals surface area contributed by atoms with E-state index in [-0.39, 0.29) is 17.1 Å². The van der Waals surface area contributed by atoms with Crippen LogP contribution in [0, 0.1) is 30.3 Å². The van der Waals surface area contributed by atoms with Gasteiger partial charge in [0.2, 0.25) is 0 Å². The van der Waals surface area contributed by atoms with Crippen LogP contribution in [0.25, 0.3) is 59.8 Å². The number of nitrogens with zero attached hydrogens (tertiary/aromatic N) is 7. The first-order chi connectivity index (χ1) is 38.7. The molecule has 0 aliphatic heterocycles. The highest BCUT2D eigenvalue weighted by molar-refractivity contribution is 6.12. The van der Waals surface area contributed by atoms with Gasteiger partial charge in [-0.15, -0.1) is 0 Å². The molecule has 13 nitrogen and oxygen atoms in total. The fourth-order valence-electron chi connectivity index (χ4n) is 11.0. The summed E-state index contributed by atoms with van der Waals surface area (Å²) in [5.41, 5.74) is 9.81. The van der Waals surface area contributed by atoms with Gasteiger partial charge in [-0.1, -0.05) is 121 Å². The van der Waals surface area contributed by atoms with Gasteiger partial charge in [-0.25, -0.2) is 0 Å². The minimum atomic E-state index is -0.399. The van der Waals surface area contributed by atoms with Crippen LogP contribution in [0.4, 0.5) is 68.2 Å². The molecule has 378 valence electrons. The number of anilines is 9. The van der Waals surface area contributed by atoms with Gasteiger partial charge in [-0.2, -0.15) is 0 Å². The van der Waals surface area contributed by atoms with Gasteiger partial charge in [0.25, 0.3) is 17.1 Å². The Morgan fingerprint density at radius 2 is 0.557 bits per heavy atom. The predicted molar refractivity (Wildman–Crippen MR) is 317 cm³/mol. The molecule has 0 amide bonds. The number of nitro benzene ring substituents is 3. The molecule has 13 rings (SSSR count). The summed E-state index contributed by atoms with van der Waals surface area (Å²) >= 11 is 0. The molecule has 0 fully saturated rings. The highest BCUT2D eigenvalue weighted by Crippen LogP contribution is 2.46. The van der Waals surface area contributed by atoms with Crippen molar-refractivity contribution in [3.8, 4) is 5.69 Å². The van der Waals surface area contributed by atoms with Crippen LogP contribution >= 0.6 is 0 Å². The molecule has 0 spiro atoms. The van der Waals surface area contributed by atoms with E-state index in [4.69, 9.17) is 0 Å². The lowest BCUT2D eigenvalue weighted by molar-refractivity contribution is -0.385. The molecule has 12 aromatic carbocycles.